The molecule has 2 heterocycles. The molecule has 6 unspecified atom stereocenters. The van der Waals surface area contributed by atoms with E-state index in [2.05, 4.69) is 17.6 Å². The lowest BCUT2D eigenvalue weighted by molar-refractivity contribution is -0.384. The Balaban J connectivity index is 1.52. The predicted molar refractivity (Wildman–Crippen MR) is 219 cm³/mol. The number of fused-ring (bicyclic) bond motifs is 2. The maximum absolute atomic E-state index is 11.6. The number of hydrogen-bond donors (Lipinski definition) is 2. The van der Waals surface area contributed by atoms with Gasteiger partial charge in [-0.25, -0.2) is 0 Å². The highest BCUT2D eigenvalue weighted by Gasteiger charge is 2.64. The van der Waals surface area contributed by atoms with Gasteiger partial charge in [0.1, 0.15) is 22.8 Å². The summed E-state index contributed by atoms with van der Waals surface area (Å²) in [6, 6.07) is 16.1. The molecule has 2 aliphatic carbocycles. The number of nitrogens with zero attached hydrogens (tertiary/aromatic N) is 3. The van der Waals surface area contributed by atoms with E-state index >= 15 is 0 Å². The van der Waals surface area contributed by atoms with E-state index in [0.717, 1.165) is 54.7 Å². The van der Waals surface area contributed by atoms with Crippen molar-refractivity contribution in [1.82, 2.24) is 4.98 Å². The molecule has 1 saturated carbocycles. The van der Waals surface area contributed by atoms with Crippen LogP contribution in [0.4, 0.5) is 5.69 Å². The van der Waals surface area contributed by atoms with Gasteiger partial charge in [0.15, 0.2) is 0 Å². The zero-order valence-corrected chi connectivity index (χ0v) is 33.5. The highest BCUT2D eigenvalue weighted by atomic mass is 32.2. The Morgan fingerprint density at radius 3 is 2.52 bits per heavy atom. The van der Waals surface area contributed by atoms with Crippen LogP contribution in [0.1, 0.15) is 82.8 Å². The molecule has 2 aromatic carbocycles. The van der Waals surface area contributed by atoms with Gasteiger partial charge < -0.3 is 29.3 Å². The normalized spacial score (nSPS) is 24.7. The van der Waals surface area contributed by atoms with Gasteiger partial charge in [0.05, 0.1) is 34.5 Å². The maximum Gasteiger partial charge on any atom is 0.273 e. The molecule has 3 aliphatic rings. The SMILES string of the molecule is C=CCOC12Oc3ccc(Oc4cccc([N+](=O)[O-])c4)cc3C3C(CCCCO)C(CCCCO)C=C(C(=NOC(C)(C)C)CC1SCCc1ccncc1)C32. The quantitative estimate of drug-likeness (QED) is 0.0522. The van der Waals surface area contributed by atoms with Crippen LogP contribution in [0.25, 0.3) is 0 Å². The van der Waals surface area contributed by atoms with Crippen molar-refractivity contribution in [2.45, 2.75) is 94.7 Å². The third-order valence-corrected chi connectivity index (χ3v) is 12.1. The van der Waals surface area contributed by atoms with Crippen LogP contribution in [0, 0.1) is 27.9 Å². The standard InChI is InChI=1S/C44H55N3O8S/c1-5-24-52-44-40(56-25-19-30-17-20-45-21-18-30)29-38(46-55-43(2,3)4)36-26-31(11-6-8-22-48)35(14-7-9-23-49)41(42(36)44)37-28-34(15-16-39(37)54-44)53-33-13-10-12-32(27-33)47(50)51/h5,10,12-13,15-18,20-21,26-28,31,35,40-42,48-49H,1,6-9,11,14,19,22-25,29H2,2-4H3. The molecule has 0 bridgehead atoms. The Bertz CT molecular complexity index is 1860. The number of rotatable bonds is 19. The van der Waals surface area contributed by atoms with Crippen molar-refractivity contribution < 1.29 is 34.2 Å². The fourth-order valence-electron chi connectivity index (χ4n) is 8.40. The highest BCUT2D eigenvalue weighted by Crippen LogP contribution is 2.62. The number of aliphatic hydroxyl groups is 2. The second kappa shape index (κ2) is 18.8. The van der Waals surface area contributed by atoms with Gasteiger partial charge in [-0.15, -0.1) is 6.58 Å². The van der Waals surface area contributed by atoms with E-state index in [1.165, 1.54) is 17.7 Å². The molecule has 1 aromatic heterocycles. The van der Waals surface area contributed by atoms with Crippen LogP contribution in [0.5, 0.6) is 17.2 Å². The number of pyridine rings is 1. The number of unbranched alkanes of at least 4 members (excludes halogenated alkanes) is 2. The summed E-state index contributed by atoms with van der Waals surface area (Å²) < 4.78 is 20.6. The minimum absolute atomic E-state index is 0.0522. The number of benzene rings is 2. The highest BCUT2D eigenvalue weighted by molar-refractivity contribution is 8.00. The average Bonchev–Trinajstić information content (AvgIpc) is 3.18. The lowest BCUT2D eigenvalue weighted by Crippen LogP contribution is -2.64. The molecule has 1 aliphatic heterocycles. The fourth-order valence-corrected chi connectivity index (χ4v) is 9.81. The summed E-state index contributed by atoms with van der Waals surface area (Å²) in [7, 11) is 0. The van der Waals surface area contributed by atoms with Gasteiger partial charge in [-0.1, -0.05) is 36.2 Å². The van der Waals surface area contributed by atoms with E-state index in [0.29, 0.717) is 36.5 Å². The second-order valence-electron chi connectivity index (χ2n) is 15.8. The van der Waals surface area contributed by atoms with Crippen LogP contribution in [0.2, 0.25) is 0 Å². The predicted octanol–water partition coefficient (Wildman–Crippen LogP) is 9.19. The van der Waals surface area contributed by atoms with Crippen molar-refractivity contribution in [1.29, 1.82) is 0 Å². The number of aryl methyl sites for hydroxylation is 1. The van der Waals surface area contributed by atoms with Crippen LogP contribution < -0.4 is 9.47 Å². The van der Waals surface area contributed by atoms with E-state index in [4.69, 9.17) is 24.2 Å². The lowest BCUT2D eigenvalue weighted by atomic mass is 9.56. The number of oxime groups is 1. The second-order valence-corrected chi connectivity index (χ2v) is 17.1. The van der Waals surface area contributed by atoms with Crippen LogP contribution >= 0.6 is 11.8 Å². The Hall–Kier alpha value is -4.23. The molecule has 6 atom stereocenters. The van der Waals surface area contributed by atoms with E-state index in [9.17, 15) is 20.3 Å². The number of non-ortho nitro benzene ring substituents is 1. The van der Waals surface area contributed by atoms with Gasteiger partial charge in [-0.2, -0.15) is 11.8 Å². The third kappa shape index (κ3) is 9.65. The molecular formula is C44H55N3O8S. The first-order chi connectivity index (χ1) is 27.1. The van der Waals surface area contributed by atoms with Crippen molar-refractivity contribution in [3.05, 3.63) is 113 Å². The lowest BCUT2D eigenvalue weighted by Gasteiger charge is -2.58. The van der Waals surface area contributed by atoms with Crippen molar-refractivity contribution in [3.63, 3.8) is 0 Å². The Kier molecular flexibility index (Phi) is 13.9. The third-order valence-electron chi connectivity index (χ3n) is 10.8. The van der Waals surface area contributed by atoms with Crippen molar-refractivity contribution in [3.8, 4) is 17.2 Å². The monoisotopic (exact) mass is 785 g/mol. The fraction of sp³-hybridized carbons (Fsp3) is 0.500. The first kappa shape index (κ1) is 41.4. The topological polar surface area (TPSA) is 146 Å². The van der Waals surface area contributed by atoms with Gasteiger partial charge in [-0.3, -0.25) is 15.1 Å². The molecule has 11 nitrogen and oxygen atoms in total. The summed E-state index contributed by atoms with van der Waals surface area (Å²) in [5, 5.41) is 36.0. The summed E-state index contributed by atoms with van der Waals surface area (Å²) in [6.07, 6.45) is 14.0. The van der Waals surface area contributed by atoms with E-state index < -0.39 is 16.3 Å². The van der Waals surface area contributed by atoms with Gasteiger partial charge in [0, 0.05) is 49.6 Å². The number of thioether (sulfide) groups is 1. The minimum Gasteiger partial charge on any atom is -0.460 e. The van der Waals surface area contributed by atoms with Crippen LogP contribution in [0.3, 0.4) is 0 Å². The van der Waals surface area contributed by atoms with Gasteiger partial charge >= 0.3 is 0 Å². The Morgan fingerprint density at radius 1 is 1.05 bits per heavy atom. The van der Waals surface area contributed by atoms with Crippen LogP contribution in [-0.2, 0) is 16.0 Å². The van der Waals surface area contributed by atoms with Gasteiger partial charge in [0.25, 0.3) is 5.69 Å². The van der Waals surface area contributed by atoms with Crippen molar-refractivity contribution in [2.75, 3.05) is 25.6 Å². The minimum atomic E-state index is -1.09. The molecule has 3 aromatic rings. The van der Waals surface area contributed by atoms with Crippen LogP contribution in [-0.4, -0.2) is 68.0 Å². The maximum atomic E-state index is 11.6. The molecule has 1 fully saturated rings. The summed E-state index contributed by atoms with van der Waals surface area (Å²) >= 11 is 1.82. The van der Waals surface area contributed by atoms with Crippen molar-refractivity contribution in [2.24, 2.45) is 22.9 Å². The van der Waals surface area contributed by atoms with E-state index in [1.54, 1.807) is 18.2 Å². The van der Waals surface area contributed by atoms with Gasteiger partial charge in [-0.05, 0) is 118 Å². The Morgan fingerprint density at radius 2 is 1.80 bits per heavy atom. The summed E-state index contributed by atoms with van der Waals surface area (Å²) in [4.78, 5) is 21.5. The smallest absolute Gasteiger partial charge is 0.273 e. The number of ether oxygens (including phenoxy) is 3. The zero-order valence-electron chi connectivity index (χ0n) is 32.7. The van der Waals surface area contributed by atoms with Crippen molar-refractivity contribution >= 4 is 23.2 Å². The average molecular weight is 786 g/mol. The molecule has 0 amide bonds. The Labute approximate surface area is 334 Å². The molecule has 0 saturated heterocycles. The molecular weight excluding hydrogens is 731 g/mol. The molecule has 2 N–H and O–H groups in total. The number of aromatic nitrogens is 1. The number of aliphatic hydroxyl groups excluding tert-OH is 2. The van der Waals surface area contributed by atoms with Gasteiger partial charge in [0.2, 0.25) is 5.79 Å². The van der Waals surface area contributed by atoms with Crippen LogP contribution in [0.15, 0.2) is 96.5 Å². The first-order valence-electron chi connectivity index (χ1n) is 19.8. The summed E-state index contributed by atoms with van der Waals surface area (Å²) in [5.74, 6) is 1.20. The number of nitro benzene ring substituents is 1. The largest absolute Gasteiger partial charge is 0.460 e. The van der Waals surface area contributed by atoms with E-state index in [-0.39, 0.29) is 54.4 Å². The molecule has 0 spiro atoms. The molecule has 300 valence electrons. The summed E-state index contributed by atoms with van der Waals surface area (Å²) in [5.41, 5.74) is 3.54. The molecule has 0 radical (unpaired) electrons. The van der Waals surface area contributed by atoms with E-state index in [1.807, 2.05) is 75.3 Å². The molecule has 56 heavy (non-hydrogen) atoms. The number of nitro groups is 1. The molecule has 12 heteroatoms. The number of hydrogen-bond acceptors (Lipinski definition) is 11. The first-order valence-corrected chi connectivity index (χ1v) is 20.8. The zero-order chi connectivity index (χ0) is 39.7. The molecule has 6 rings (SSSR count). The number of allylic oxidation sites excluding steroid dienone is 1. The summed E-state index contributed by atoms with van der Waals surface area (Å²) in [6.45, 7) is 10.5.